The highest BCUT2D eigenvalue weighted by atomic mass is 35.5. The number of aryl methyl sites for hydroxylation is 1. The highest BCUT2D eigenvalue weighted by Gasteiger charge is 2.14. The van der Waals surface area contributed by atoms with E-state index < -0.39 is 0 Å². The van der Waals surface area contributed by atoms with Crippen molar-refractivity contribution < 1.29 is 0 Å². The Bertz CT molecular complexity index is 520. The molecule has 1 atom stereocenters. The summed E-state index contributed by atoms with van der Waals surface area (Å²) in [7, 11) is 3.61. The Morgan fingerprint density at radius 2 is 1.94 bits per heavy atom. The molecular weight excluding hydrogens is 273 g/mol. The van der Waals surface area contributed by atoms with Crippen LogP contribution >= 0.6 is 23.2 Å². The SMILES string of the molecule is CNC(Cc1nnn(C)n1)c1cc(Cl)cc(Cl)c1. The lowest BCUT2D eigenvalue weighted by Gasteiger charge is -2.15. The molecule has 2 aromatic rings. The number of benzene rings is 1. The number of tetrazole rings is 1. The minimum Gasteiger partial charge on any atom is -0.313 e. The monoisotopic (exact) mass is 285 g/mol. The minimum atomic E-state index is 0.0467. The van der Waals surface area contributed by atoms with Crippen LogP contribution in [0.25, 0.3) is 0 Å². The molecule has 0 bridgehead atoms. The largest absolute Gasteiger partial charge is 0.313 e. The van der Waals surface area contributed by atoms with E-state index in [0.29, 0.717) is 22.3 Å². The lowest BCUT2D eigenvalue weighted by atomic mass is 10.0. The Kier molecular flexibility index (Phi) is 4.16. The molecule has 2 rings (SSSR count). The molecule has 18 heavy (non-hydrogen) atoms. The average molecular weight is 286 g/mol. The molecule has 1 aromatic heterocycles. The Labute approximate surface area is 115 Å². The van der Waals surface area contributed by atoms with Crippen molar-refractivity contribution in [3.05, 3.63) is 39.6 Å². The molecule has 0 amide bonds. The van der Waals surface area contributed by atoms with Crippen LogP contribution in [0.3, 0.4) is 0 Å². The Balaban J connectivity index is 2.22. The molecule has 1 N–H and O–H groups in total. The van der Waals surface area contributed by atoms with Crippen LogP contribution in [-0.2, 0) is 13.5 Å². The number of aromatic nitrogens is 4. The second-order valence-electron chi connectivity index (χ2n) is 3.94. The maximum atomic E-state index is 6.00. The van der Waals surface area contributed by atoms with Crippen LogP contribution in [0.15, 0.2) is 18.2 Å². The molecule has 0 fully saturated rings. The number of hydrogen-bond acceptors (Lipinski definition) is 4. The van der Waals surface area contributed by atoms with E-state index in [2.05, 4.69) is 20.7 Å². The number of likely N-dealkylation sites (N-methyl/N-ethyl adjacent to an activating group) is 1. The van der Waals surface area contributed by atoms with Gasteiger partial charge in [-0.15, -0.1) is 10.2 Å². The summed E-state index contributed by atoms with van der Waals surface area (Å²) in [6.45, 7) is 0. The summed E-state index contributed by atoms with van der Waals surface area (Å²) in [6.07, 6.45) is 0.626. The molecule has 0 spiro atoms. The molecule has 0 radical (unpaired) electrons. The predicted octanol–water partition coefficient (Wildman–Crippen LogP) is 2.02. The third kappa shape index (κ3) is 3.19. The molecule has 0 aliphatic carbocycles. The van der Waals surface area contributed by atoms with E-state index in [1.165, 1.54) is 4.80 Å². The first-order chi connectivity index (χ1) is 8.58. The minimum absolute atomic E-state index is 0.0467. The lowest BCUT2D eigenvalue weighted by Crippen LogP contribution is -2.19. The van der Waals surface area contributed by atoms with Crippen molar-refractivity contribution >= 4 is 23.2 Å². The van der Waals surface area contributed by atoms with Gasteiger partial charge in [-0.25, -0.2) is 0 Å². The molecule has 0 saturated heterocycles. The number of hydrogen-bond donors (Lipinski definition) is 1. The smallest absolute Gasteiger partial charge is 0.176 e. The zero-order chi connectivity index (χ0) is 13.1. The summed E-state index contributed by atoms with van der Waals surface area (Å²) < 4.78 is 0. The van der Waals surface area contributed by atoms with E-state index in [9.17, 15) is 0 Å². The molecule has 1 unspecified atom stereocenters. The third-order valence-electron chi connectivity index (χ3n) is 2.57. The van der Waals surface area contributed by atoms with Crippen LogP contribution in [-0.4, -0.2) is 27.3 Å². The zero-order valence-corrected chi connectivity index (χ0v) is 11.6. The summed E-state index contributed by atoms with van der Waals surface area (Å²) in [4.78, 5) is 1.44. The van der Waals surface area contributed by atoms with Gasteiger partial charge >= 0.3 is 0 Å². The van der Waals surface area contributed by atoms with Crippen LogP contribution in [0.4, 0.5) is 0 Å². The van der Waals surface area contributed by atoms with Gasteiger partial charge in [-0.2, -0.15) is 4.80 Å². The fraction of sp³-hybridized carbons (Fsp3) is 0.364. The van der Waals surface area contributed by atoms with Gasteiger partial charge in [0.1, 0.15) is 0 Å². The molecule has 0 aliphatic heterocycles. The van der Waals surface area contributed by atoms with Gasteiger partial charge in [0.2, 0.25) is 0 Å². The first kappa shape index (κ1) is 13.3. The number of nitrogens with one attached hydrogen (secondary N) is 1. The maximum absolute atomic E-state index is 6.00. The van der Waals surface area contributed by atoms with Crippen molar-refractivity contribution in [2.75, 3.05) is 7.05 Å². The zero-order valence-electron chi connectivity index (χ0n) is 10.1. The summed E-state index contributed by atoms with van der Waals surface area (Å²) in [5.41, 5.74) is 1.00. The van der Waals surface area contributed by atoms with Crippen molar-refractivity contribution in [3.63, 3.8) is 0 Å². The van der Waals surface area contributed by atoms with Gasteiger partial charge in [-0.05, 0) is 36.0 Å². The van der Waals surface area contributed by atoms with Crippen LogP contribution < -0.4 is 5.32 Å². The average Bonchev–Trinajstić information content (AvgIpc) is 2.70. The standard InChI is InChI=1S/C11H13Cl2N5/c1-14-10(6-11-15-17-18(2)16-11)7-3-8(12)5-9(13)4-7/h3-5,10,14H,6H2,1-2H3. The van der Waals surface area contributed by atoms with E-state index in [4.69, 9.17) is 23.2 Å². The Morgan fingerprint density at radius 3 is 2.44 bits per heavy atom. The Hall–Kier alpha value is -1.17. The second-order valence-corrected chi connectivity index (χ2v) is 4.82. The number of nitrogens with zero attached hydrogens (tertiary/aromatic N) is 4. The molecule has 96 valence electrons. The van der Waals surface area contributed by atoms with E-state index in [0.717, 1.165) is 5.56 Å². The number of rotatable bonds is 4. The Morgan fingerprint density at radius 1 is 1.28 bits per heavy atom. The normalized spacial score (nSPS) is 12.7. The lowest BCUT2D eigenvalue weighted by molar-refractivity contribution is 0.570. The molecule has 7 heteroatoms. The van der Waals surface area contributed by atoms with Crippen LogP contribution in [0.1, 0.15) is 17.4 Å². The first-order valence-electron chi connectivity index (χ1n) is 5.44. The highest BCUT2D eigenvalue weighted by molar-refractivity contribution is 6.34. The van der Waals surface area contributed by atoms with E-state index in [1.54, 1.807) is 13.1 Å². The van der Waals surface area contributed by atoms with Crippen molar-refractivity contribution in [2.45, 2.75) is 12.5 Å². The van der Waals surface area contributed by atoms with Crippen LogP contribution in [0, 0.1) is 0 Å². The van der Waals surface area contributed by atoms with Gasteiger partial charge in [-0.1, -0.05) is 23.2 Å². The predicted molar refractivity (Wildman–Crippen MR) is 70.8 cm³/mol. The first-order valence-corrected chi connectivity index (χ1v) is 6.20. The summed E-state index contributed by atoms with van der Waals surface area (Å²) in [5.74, 6) is 0.674. The molecule has 5 nitrogen and oxygen atoms in total. The van der Waals surface area contributed by atoms with Crippen molar-refractivity contribution in [3.8, 4) is 0 Å². The summed E-state index contributed by atoms with van der Waals surface area (Å²) in [5, 5.41) is 16.4. The van der Waals surface area contributed by atoms with Gasteiger partial charge in [0.15, 0.2) is 5.82 Å². The number of halogens is 2. The highest BCUT2D eigenvalue weighted by Crippen LogP contribution is 2.24. The molecule has 1 aromatic carbocycles. The van der Waals surface area contributed by atoms with Crippen LogP contribution in [0.5, 0.6) is 0 Å². The molecule has 1 heterocycles. The van der Waals surface area contributed by atoms with Gasteiger partial charge in [0.25, 0.3) is 0 Å². The van der Waals surface area contributed by atoms with E-state index >= 15 is 0 Å². The fourth-order valence-electron chi connectivity index (χ4n) is 1.75. The maximum Gasteiger partial charge on any atom is 0.176 e. The molecule has 0 aliphatic rings. The van der Waals surface area contributed by atoms with Gasteiger partial charge in [0, 0.05) is 22.5 Å². The fourth-order valence-corrected chi connectivity index (χ4v) is 2.29. The van der Waals surface area contributed by atoms with Gasteiger partial charge in [0.05, 0.1) is 7.05 Å². The quantitative estimate of drug-likeness (QED) is 0.934. The summed E-state index contributed by atoms with van der Waals surface area (Å²) in [6, 6.07) is 5.51. The molecular formula is C11H13Cl2N5. The van der Waals surface area contributed by atoms with Gasteiger partial charge in [-0.3, -0.25) is 0 Å². The third-order valence-corrected chi connectivity index (χ3v) is 3.01. The topological polar surface area (TPSA) is 55.6 Å². The summed E-state index contributed by atoms with van der Waals surface area (Å²) >= 11 is 12.0. The second kappa shape index (κ2) is 5.65. The van der Waals surface area contributed by atoms with Crippen molar-refractivity contribution in [1.29, 1.82) is 0 Å². The molecule has 0 saturated carbocycles. The van der Waals surface area contributed by atoms with Crippen molar-refractivity contribution in [2.24, 2.45) is 7.05 Å². The van der Waals surface area contributed by atoms with E-state index in [-0.39, 0.29) is 6.04 Å². The van der Waals surface area contributed by atoms with E-state index in [1.807, 2.05) is 19.2 Å². The van der Waals surface area contributed by atoms with Crippen molar-refractivity contribution in [1.82, 2.24) is 25.5 Å². The van der Waals surface area contributed by atoms with Crippen LogP contribution in [0.2, 0.25) is 10.0 Å². The van der Waals surface area contributed by atoms with Gasteiger partial charge < -0.3 is 5.32 Å².